The van der Waals surface area contributed by atoms with Crippen LogP contribution in [-0.2, 0) is 4.74 Å². The van der Waals surface area contributed by atoms with Gasteiger partial charge >= 0.3 is 6.09 Å². The summed E-state index contributed by atoms with van der Waals surface area (Å²) in [6, 6.07) is 1.00. The van der Waals surface area contributed by atoms with E-state index in [1.54, 1.807) is 0 Å². The summed E-state index contributed by atoms with van der Waals surface area (Å²) in [4.78, 5) is 16.6. The minimum Gasteiger partial charge on any atom is -0.444 e. The second kappa shape index (κ2) is 7.64. The molecule has 0 aromatic rings. The average molecular weight is 311 g/mol. The van der Waals surface area contributed by atoms with E-state index < -0.39 is 5.60 Å². The van der Waals surface area contributed by atoms with E-state index >= 15 is 0 Å². The number of hydrogen-bond acceptors (Lipinski definition) is 4. The van der Waals surface area contributed by atoms with Gasteiger partial charge < -0.3 is 19.9 Å². The first-order valence-corrected chi connectivity index (χ1v) is 8.76. The fourth-order valence-corrected chi connectivity index (χ4v) is 3.28. The zero-order valence-electron chi connectivity index (χ0n) is 14.7. The number of hydrogen-bond donors (Lipinski definition) is 1. The fourth-order valence-electron chi connectivity index (χ4n) is 3.28. The van der Waals surface area contributed by atoms with Crippen molar-refractivity contribution in [2.24, 2.45) is 0 Å². The maximum absolute atomic E-state index is 12.3. The van der Waals surface area contributed by atoms with Crippen LogP contribution in [0.15, 0.2) is 0 Å². The lowest BCUT2D eigenvalue weighted by Crippen LogP contribution is -2.50. The van der Waals surface area contributed by atoms with Gasteiger partial charge in [0.1, 0.15) is 5.60 Å². The van der Waals surface area contributed by atoms with Crippen molar-refractivity contribution in [3.63, 3.8) is 0 Å². The summed E-state index contributed by atoms with van der Waals surface area (Å²) in [7, 11) is 2.19. The molecule has 0 aliphatic carbocycles. The molecule has 1 atom stereocenters. The zero-order chi connectivity index (χ0) is 16.2. The van der Waals surface area contributed by atoms with Crippen molar-refractivity contribution in [3.05, 3.63) is 0 Å². The molecule has 2 fully saturated rings. The van der Waals surface area contributed by atoms with E-state index in [1.807, 2.05) is 25.7 Å². The summed E-state index contributed by atoms with van der Waals surface area (Å²) in [6.45, 7) is 9.72. The van der Waals surface area contributed by atoms with Crippen LogP contribution >= 0.6 is 0 Å². The van der Waals surface area contributed by atoms with Crippen LogP contribution < -0.4 is 5.32 Å². The minimum absolute atomic E-state index is 0.162. The molecule has 2 aliphatic rings. The molecule has 1 unspecified atom stereocenters. The van der Waals surface area contributed by atoms with Crippen LogP contribution in [0.4, 0.5) is 4.79 Å². The lowest BCUT2D eigenvalue weighted by atomic mass is 10.0. The molecule has 22 heavy (non-hydrogen) atoms. The number of carbonyl (C=O) groups is 1. The number of likely N-dealkylation sites (tertiary alicyclic amines) is 2. The quantitative estimate of drug-likeness (QED) is 0.851. The van der Waals surface area contributed by atoms with Crippen molar-refractivity contribution in [2.75, 3.05) is 33.2 Å². The first-order valence-electron chi connectivity index (χ1n) is 8.76. The van der Waals surface area contributed by atoms with Crippen LogP contribution in [0.25, 0.3) is 0 Å². The van der Waals surface area contributed by atoms with Gasteiger partial charge in [0.25, 0.3) is 0 Å². The highest BCUT2D eigenvalue weighted by molar-refractivity contribution is 5.68. The van der Waals surface area contributed by atoms with Gasteiger partial charge in [-0.25, -0.2) is 4.79 Å². The third kappa shape index (κ3) is 5.76. The van der Waals surface area contributed by atoms with E-state index in [0.717, 1.165) is 25.9 Å². The van der Waals surface area contributed by atoms with Crippen LogP contribution in [0.2, 0.25) is 0 Å². The highest BCUT2D eigenvalue weighted by Crippen LogP contribution is 2.17. The molecular weight excluding hydrogens is 278 g/mol. The summed E-state index contributed by atoms with van der Waals surface area (Å²) >= 11 is 0. The van der Waals surface area contributed by atoms with Gasteiger partial charge in [0.2, 0.25) is 0 Å². The van der Waals surface area contributed by atoms with Crippen LogP contribution in [0.1, 0.15) is 52.9 Å². The van der Waals surface area contributed by atoms with E-state index in [-0.39, 0.29) is 6.09 Å². The average Bonchev–Trinajstić information content (AvgIpc) is 2.65. The third-order valence-corrected chi connectivity index (χ3v) is 4.51. The smallest absolute Gasteiger partial charge is 0.410 e. The molecule has 1 N–H and O–H groups in total. The van der Waals surface area contributed by atoms with Crippen LogP contribution in [0.3, 0.4) is 0 Å². The first-order chi connectivity index (χ1) is 10.3. The standard InChI is InChI=1S/C17H33N3O2/c1-17(2,3)22-16(21)20-10-6-5-7-15(13-20)18-14-8-11-19(4)12-9-14/h14-15,18H,5-13H2,1-4H3. The van der Waals surface area contributed by atoms with Gasteiger partial charge in [-0.2, -0.15) is 0 Å². The Kier molecular flexibility index (Phi) is 6.09. The molecule has 0 spiro atoms. The van der Waals surface area contributed by atoms with Gasteiger partial charge in [-0.05, 0) is 66.6 Å². The monoisotopic (exact) mass is 311 g/mol. The normalized spacial score (nSPS) is 25.8. The second-order valence-corrected chi connectivity index (χ2v) is 7.86. The third-order valence-electron chi connectivity index (χ3n) is 4.51. The lowest BCUT2D eigenvalue weighted by Gasteiger charge is -2.34. The Labute approximate surface area is 135 Å². The zero-order valence-corrected chi connectivity index (χ0v) is 14.7. The molecule has 2 rings (SSSR count). The van der Waals surface area contributed by atoms with Crippen LogP contribution in [0, 0.1) is 0 Å². The van der Waals surface area contributed by atoms with Gasteiger partial charge in [0.15, 0.2) is 0 Å². The number of ether oxygens (including phenoxy) is 1. The Bertz CT molecular complexity index is 359. The SMILES string of the molecule is CN1CCC(NC2CCCCN(C(=O)OC(C)(C)C)C2)CC1. The maximum Gasteiger partial charge on any atom is 0.410 e. The van der Waals surface area contributed by atoms with Crippen molar-refractivity contribution in [3.8, 4) is 0 Å². The van der Waals surface area contributed by atoms with Crippen molar-refractivity contribution in [2.45, 2.75) is 70.6 Å². The molecule has 5 heteroatoms. The molecular formula is C17H33N3O2. The molecule has 128 valence electrons. The molecule has 2 saturated heterocycles. The van der Waals surface area contributed by atoms with E-state index in [1.165, 1.54) is 32.4 Å². The van der Waals surface area contributed by atoms with Crippen molar-refractivity contribution in [1.29, 1.82) is 0 Å². The highest BCUT2D eigenvalue weighted by Gasteiger charge is 2.28. The second-order valence-electron chi connectivity index (χ2n) is 7.86. The molecule has 0 radical (unpaired) electrons. The largest absolute Gasteiger partial charge is 0.444 e. The summed E-state index contributed by atoms with van der Waals surface area (Å²) in [5, 5.41) is 3.79. The molecule has 2 aliphatic heterocycles. The van der Waals surface area contributed by atoms with Crippen molar-refractivity contribution in [1.82, 2.24) is 15.1 Å². The van der Waals surface area contributed by atoms with Gasteiger partial charge in [0.05, 0.1) is 0 Å². The van der Waals surface area contributed by atoms with Crippen LogP contribution in [-0.4, -0.2) is 66.8 Å². The number of carbonyl (C=O) groups excluding carboxylic acids is 1. The molecule has 0 aromatic heterocycles. The summed E-state index contributed by atoms with van der Waals surface area (Å²) in [5.41, 5.74) is -0.416. The Balaban J connectivity index is 1.85. The number of nitrogens with one attached hydrogen (secondary N) is 1. The van der Waals surface area contributed by atoms with Gasteiger partial charge in [-0.1, -0.05) is 6.42 Å². The topological polar surface area (TPSA) is 44.8 Å². The summed E-state index contributed by atoms with van der Waals surface area (Å²) in [5.74, 6) is 0. The lowest BCUT2D eigenvalue weighted by molar-refractivity contribution is 0.0240. The molecule has 0 saturated carbocycles. The summed E-state index contributed by atoms with van der Waals surface area (Å²) in [6.07, 6.45) is 5.67. The predicted octanol–water partition coefficient (Wildman–Crippen LogP) is 2.46. The van der Waals surface area contributed by atoms with Crippen molar-refractivity contribution < 1.29 is 9.53 Å². The van der Waals surface area contributed by atoms with E-state index in [0.29, 0.717) is 12.1 Å². The van der Waals surface area contributed by atoms with E-state index in [4.69, 9.17) is 4.74 Å². The molecule has 5 nitrogen and oxygen atoms in total. The fraction of sp³-hybridized carbons (Fsp3) is 0.941. The Hall–Kier alpha value is -0.810. The van der Waals surface area contributed by atoms with E-state index in [2.05, 4.69) is 17.3 Å². The number of amides is 1. The highest BCUT2D eigenvalue weighted by atomic mass is 16.6. The predicted molar refractivity (Wildman–Crippen MR) is 89.1 cm³/mol. The Morgan fingerprint density at radius 1 is 1.05 bits per heavy atom. The first kappa shape index (κ1) is 17.5. The van der Waals surface area contributed by atoms with Gasteiger partial charge in [0, 0.05) is 25.2 Å². The molecule has 1 amide bonds. The summed E-state index contributed by atoms with van der Waals surface area (Å²) < 4.78 is 5.54. The molecule has 2 heterocycles. The van der Waals surface area contributed by atoms with Crippen LogP contribution in [0.5, 0.6) is 0 Å². The van der Waals surface area contributed by atoms with Gasteiger partial charge in [-0.15, -0.1) is 0 Å². The Morgan fingerprint density at radius 3 is 2.36 bits per heavy atom. The van der Waals surface area contributed by atoms with Crippen molar-refractivity contribution >= 4 is 6.09 Å². The number of nitrogens with zero attached hydrogens (tertiary/aromatic N) is 2. The molecule has 0 bridgehead atoms. The number of rotatable bonds is 2. The number of piperidine rings is 1. The minimum atomic E-state index is -0.416. The Morgan fingerprint density at radius 2 is 1.73 bits per heavy atom. The van der Waals surface area contributed by atoms with Gasteiger partial charge in [-0.3, -0.25) is 0 Å². The molecule has 0 aromatic carbocycles. The maximum atomic E-state index is 12.3. The van der Waals surface area contributed by atoms with E-state index in [9.17, 15) is 4.79 Å².